The van der Waals surface area contributed by atoms with Crippen LogP contribution in [0.1, 0.15) is 17.8 Å². The highest BCUT2D eigenvalue weighted by Gasteiger charge is 2.10. The van der Waals surface area contributed by atoms with Gasteiger partial charge in [-0.3, -0.25) is 0 Å². The van der Waals surface area contributed by atoms with E-state index in [1.807, 2.05) is 24.3 Å². The number of anilines is 1. The molecule has 0 spiro atoms. The SMILES string of the molecule is CN(C)CCCNc1nc(/C=C/c2ccc(F)cc2)nc2c(Br)cc(Br)cc12. The first-order valence-corrected chi connectivity index (χ1v) is 10.5. The van der Waals surface area contributed by atoms with Gasteiger partial charge in [-0.15, -0.1) is 0 Å². The highest BCUT2D eigenvalue weighted by Crippen LogP contribution is 2.31. The van der Waals surface area contributed by atoms with Crippen LogP contribution in [0.4, 0.5) is 10.2 Å². The Kier molecular flexibility index (Phi) is 7.15. The topological polar surface area (TPSA) is 41.0 Å². The number of nitrogens with one attached hydrogen (secondary N) is 1. The van der Waals surface area contributed by atoms with Gasteiger partial charge in [0.1, 0.15) is 11.6 Å². The van der Waals surface area contributed by atoms with Crippen LogP contribution in [0.15, 0.2) is 45.3 Å². The average Bonchev–Trinajstić information content (AvgIpc) is 2.65. The van der Waals surface area contributed by atoms with Crippen molar-refractivity contribution in [3.8, 4) is 0 Å². The summed E-state index contributed by atoms with van der Waals surface area (Å²) in [5, 5.41) is 4.39. The monoisotopic (exact) mass is 506 g/mol. The van der Waals surface area contributed by atoms with Gasteiger partial charge in [0.05, 0.1) is 5.52 Å². The molecule has 0 aliphatic carbocycles. The molecule has 7 heteroatoms. The standard InChI is InChI=1S/C21H21Br2FN4/c1-28(2)11-3-10-25-21-17-12-15(22)13-18(23)20(17)26-19(27-21)9-6-14-4-7-16(24)8-5-14/h4-9,12-13H,3,10-11H2,1-2H3,(H,25,26,27)/b9-6+. The van der Waals surface area contributed by atoms with E-state index in [4.69, 9.17) is 4.98 Å². The molecule has 0 unspecified atom stereocenters. The lowest BCUT2D eigenvalue weighted by atomic mass is 10.2. The Labute approximate surface area is 181 Å². The zero-order valence-electron chi connectivity index (χ0n) is 15.7. The van der Waals surface area contributed by atoms with E-state index < -0.39 is 0 Å². The molecular formula is C21H21Br2FN4. The van der Waals surface area contributed by atoms with Crippen LogP contribution >= 0.6 is 31.9 Å². The van der Waals surface area contributed by atoms with Crippen LogP contribution in [-0.2, 0) is 0 Å². The lowest BCUT2D eigenvalue weighted by Crippen LogP contribution is -2.17. The van der Waals surface area contributed by atoms with Crippen molar-refractivity contribution in [3.05, 3.63) is 62.5 Å². The van der Waals surface area contributed by atoms with Gasteiger partial charge in [0, 0.05) is 20.9 Å². The molecule has 1 N–H and O–H groups in total. The fourth-order valence-corrected chi connectivity index (χ4v) is 4.04. The van der Waals surface area contributed by atoms with E-state index in [1.54, 1.807) is 12.1 Å². The van der Waals surface area contributed by atoms with Crippen LogP contribution < -0.4 is 5.32 Å². The normalized spacial score (nSPS) is 11.6. The predicted octanol–water partition coefficient (Wildman–Crippen LogP) is 5.83. The second-order valence-electron chi connectivity index (χ2n) is 6.68. The summed E-state index contributed by atoms with van der Waals surface area (Å²) in [6.45, 7) is 1.82. The van der Waals surface area contributed by atoms with Gasteiger partial charge in [-0.05, 0) is 78.9 Å². The van der Waals surface area contributed by atoms with Gasteiger partial charge >= 0.3 is 0 Å². The van der Waals surface area contributed by atoms with Gasteiger partial charge in [-0.25, -0.2) is 14.4 Å². The average molecular weight is 508 g/mol. The molecule has 1 aromatic heterocycles. The largest absolute Gasteiger partial charge is 0.369 e. The molecule has 2 aromatic carbocycles. The fraction of sp³-hybridized carbons (Fsp3) is 0.238. The summed E-state index contributed by atoms with van der Waals surface area (Å²) in [6, 6.07) is 10.3. The van der Waals surface area contributed by atoms with Crippen LogP contribution in [0, 0.1) is 5.82 Å². The van der Waals surface area contributed by atoms with Crippen LogP contribution in [-0.4, -0.2) is 42.1 Å². The summed E-state index contributed by atoms with van der Waals surface area (Å²) in [5.74, 6) is 1.14. The van der Waals surface area contributed by atoms with Gasteiger partial charge in [0.15, 0.2) is 5.82 Å². The second kappa shape index (κ2) is 9.58. The number of aromatic nitrogens is 2. The smallest absolute Gasteiger partial charge is 0.155 e. The van der Waals surface area contributed by atoms with E-state index in [-0.39, 0.29) is 5.82 Å². The first kappa shape index (κ1) is 20.9. The maximum atomic E-state index is 13.1. The van der Waals surface area contributed by atoms with E-state index in [0.29, 0.717) is 5.82 Å². The van der Waals surface area contributed by atoms with E-state index in [9.17, 15) is 4.39 Å². The molecule has 146 valence electrons. The minimum absolute atomic E-state index is 0.252. The number of halogens is 3. The third-order valence-corrected chi connectivity index (χ3v) is 5.17. The number of fused-ring (bicyclic) bond motifs is 1. The molecular weight excluding hydrogens is 487 g/mol. The van der Waals surface area contributed by atoms with Crippen molar-refractivity contribution in [3.63, 3.8) is 0 Å². The van der Waals surface area contributed by atoms with Crippen LogP contribution in [0.2, 0.25) is 0 Å². The first-order chi connectivity index (χ1) is 13.4. The van der Waals surface area contributed by atoms with Crippen LogP contribution in [0.5, 0.6) is 0 Å². The number of hydrogen-bond acceptors (Lipinski definition) is 4. The molecule has 0 bridgehead atoms. The Bertz CT molecular complexity index is 988. The highest BCUT2D eigenvalue weighted by atomic mass is 79.9. The van der Waals surface area contributed by atoms with E-state index in [0.717, 1.165) is 50.7 Å². The Morgan fingerprint density at radius 2 is 1.82 bits per heavy atom. The zero-order chi connectivity index (χ0) is 20.1. The van der Waals surface area contributed by atoms with Crippen molar-refractivity contribution in [2.45, 2.75) is 6.42 Å². The van der Waals surface area contributed by atoms with Gasteiger partial charge in [0.25, 0.3) is 0 Å². The molecule has 3 rings (SSSR count). The molecule has 0 atom stereocenters. The molecule has 0 fully saturated rings. The van der Waals surface area contributed by atoms with E-state index in [2.05, 4.69) is 61.2 Å². The molecule has 3 aromatic rings. The Hall–Kier alpha value is -1.83. The zero-order valence-corrected chi connectivity index (χ0v) is 18.9. The number of nitrogens with zero attached hydrogens (tertiary/aromatic N) is 3. The molecule has 0 radical (unpaired) electrons. The molecule has 0 saturated carbocycles. The highest BCUT2D eigenvalue weighted by molar-refractivity contribution is 9.11. The lowest BCUT2D eigenvalue weighted by molar-refractivity contribution is 0.405. The van der Waals surface area contributed by atoms with Crippen LogP contribution in [0.25, 0.3) is 23.1 Å². The number of benzene rings is 2. The Morgan fingerprint density at radius 1 is 1.07 bits per heavy atom. The van der Waals surface area contributed by atoms with Crippen molar-refractivity contribution >= 4 is 60.7 Å². The number of rotatable bonds is 7. The van der Waals surface area contributed by atoms with E-state index in [1.165, 1.54) is 12.1 Å². The van der Waals surface area contributed by atoms with E-state index >= 15 is 0 Å². The summed E-state index contributed by atoms with van der Waals surface area (Å²) in [6.07, 6.45) is 4.73. The molecule has 28 heavy (non-hydrogen) atoms. The Balaban J connectivity index is 1.93. The third-order valence-electron chi connectivity index (χ3n) is 4.11. The summed E-state index contributed by atoms with van der Waals surface area (Å²) in [4.78, 5) is 11.5. The second-order valence-corrected chi connectivity index (χ2v) is 8.45. The van der Waals surface area contributed by atoms with Crippen molar-refractivity contribution in [1.29, 1.82) is 0 Å². The predicted molar refractivity (Wildman–Crippen MR) is 122 cm³/mol. The molecule has 0 saturated heterocycles. The third kappa shape index (κ3) is 5.59. The fourth-order valence-electron chi connectivity index (χ4n) is 2.73. The lowest BCUT2D eigenvalue weighted by Gasteiger charge is -2.13. The summed E-state index contributed by atoms with van der Waals surface area (Å²) in [7, 11) is 4.12. The maximum Gasteiger partial charge on any atom is 0.155 e. The summed E-state index contributed by atoms with van der Waals surface area (Å²) in [5.41, 5.74) is 1.73. The first-order valence-electron chi connectivity index (χ1n) is 8.91. The van der Waals surface area contributed by atoms with Gasteiger partial charge in [-0.2, -0.15) is 0 Å². The quantitative estimate of drug-likeness (QED) is 0.408. The number of hydrogen-bond donors (Lipinski definition) is 1. The minimum Gasteiger partial charge on any atom is -0.369 e. The maximum absolute atomic E-state index is 13.1. The molecule has 0 amide bonds. The van der Waals surface area contributed by atoms with Crippen LogP contribution in [0.3, 0.4) is 0 Å². The molecule has 0 aliphatic rings. The molecule has 4 nitrogen and oxygen atoms in total. The minimum atomic E-state index is -0.252. The molecule has 0 aliphatic heterocycles. The van der Waals surface area contributed by atoms with Gasteiger partial charge < -0.3 is 10.2 Å². The van der Waals surface area contributed by atoms with Crippen molar-refractivity contribution in [1.82, 2.24) is 14.9 Å². The summed E-state index contributed by atoms with van der Waals surface area (Å²) < 4.78 is 14.9. The summed E-state index contributed by atoms with van der Waals surface area (Å²) >= 11 is 7.14. The van der Waals surface area contributed by atoms with Gasteiger partial charge in [0.2, 0.25) is 0 Å². The van der Waals surface area contributed by atoms with Crippen molar-refractivity contribution in [2.75, 3.05) is 32.5 Å². The molecule has 1 heterocycles. The van der Waals surface area contributed by atoms with Gasteiger partial charge in [-0.1, -0.05) is 34.1 Å². The van der Waals surface area contributed by atoms with Crippen molar-refractivity contribution in [2.24, 2.45) is 0 Å². The van der Waals surface area contributed by atoms with Crippen molar-refractivity contribution < 1.29 is 4.39 Å². The Morgan fingerprint density at radius 3 is 2.54 bits per heavy atom.